The number of methoxy groups -OCH3 is 1. The van der Waals surface area contributed by atoms with E-state index in [9.17, 15) is 0 Å². The molecule has 2 rings (SSSR count). The molecule has 1 heterocycles. The molecule has 2 aromatic rings. The minimum Gasteiger partial charge on any atom is -0.496 e. The maximum atomic E-state index is 5.45. The van der Waals surface area contributed by atoms with Crippen LogP contribution in [0.25, 0.3) is 0 Å². The van der Waals surface area contributed by atoms with E-state index in [2.05, 4.69) is 51.4 Å². The van der Waals surface area contributed by atoms with Gasteiger partial charge in [-0.1, -0.05) is 22.9 Å². The highest BCUT2D eigenvalue weighted by atomic mass is 79.9. The van der Waals surface area contributed by atoms with Gasteiger partial charge in [-0.2, -0.15) is 0 Å². The Morgan fingerprint density at radius 2 is 2.00 bits per heavy atom. The second-order valence-electron chi connectivity index (χ2n) is 4.55. The first-order valence-corrected chi connectivity index (χ1v) is 7.49. The van der Waals surface area contributed by atoms with Crippen molar-refractivity contribution in [3.8, 4) is 5.75 Å². The number of likely N-dealkylation sites (N-methyl/N-ethyl adjacent to an activating group) is 1. The number of aromatic nitrogens is 1. The van der Waals surface area contributed by atoms with Crippen LogP contribution < -0.4 is 10.1 Å². The summed E-state index contributed by atoms with van der Waals surface area (Å²) in [7, 11) is 1.71. The zero-order valence-electron chi connectivity index (χ0n) is 11.8. The number of nitrogens with one attached hydrogen (secondary N) is 1. The third-order valence-electron chi connectivity index (χ3n) is 3.23. The monoisotopic (exact) mass is 334 g/mol. The maximum Gasteiger partial charge on any atom is 0.122 e. The van der Waals surface area contributed by atoms with Crippen LogP contribution >= 0.6 is 15.9 Å². The molecule has 0 saturated heterocycles. The highest BCUT2D eigenvalue weighted by molar-refractivity contribution is 9.10. The fraction of sp³-hybridized carbons (Fsp3) is 0.312. The first-order valence-electron chi connectivity index (χ1n) is 6.70. The van der Waals surface area contributed by atoms with E-state index < -0.39 is 0 Å². The predicted octanol–water partition coefficient (Wildman–Crippen LogP) is 3.75. The molecule has 1 atom stereocenters. The van der Waals surface area contributed by atoms with Gasteiger partial charge in [-0.15, -0.1) is 0 Å². The van der Waals surface area contributed by atoms with Crippen LogP contribution in [0.1, 0.15) is 24.1 Å². The van der Waals surface area contributed by atoms with Crippen LogP contribution in [0.3, 0.4) is 0 Å². The zero-order chi connectivity index (χ0) is 14.4. The molecule has 0 bridgehead atoms. The molecule has 0 amide bonds. The molecule has 0 spiro atoms. The minimum absolute atomic E-state index is 0.256. The Morgan fingerprint density at radius 1 is 1.25 bits per heavy atom. The second kappa shape index (κ2) is 7.41. The third-order valence-corrected chi connectivity index (χ3v) is 3.72. The van der Waals surface area contributed by atoms with Crippen molar-refractivity contribution in [3.63, 3.8) is 0 Å². The Hall–Kier alpha value is -1.39. The summed E-state index contributed by atoms with van der Waals surface area (Å²) in [5.41, 5.74) is 2.42. The standard InChI is InChI=1S/C16H19BrN2O/c1-3-19-15(12-6-8-18-9-7-12)11-13-10-14(17)4-5-16(13)20-2/h4-10,15,19H,3,11H2,1-2H3. The molecule has 4 heteroatoms. The zero-order valence-corrected chi connectivity index (χ0v) is 13.4. The Balaban J connectivity index is 2.26. The van der Waals surface area contributed by atoms with Crippen molar-refractivity contribution in [2.24, 2.45) is 0 Å². The van der Waals surface area contributed by atoms with E-state index in [-0.39, 0.29) is 6.04 Å². The predicted molar refractivity (Wildman–Crippen MR) is 85.1 cm³/mol. The van der Waals surface area contributed by atoms with Crippen molar-refractivity contribution in [2.75, 3.05) is 13.7 Å². The Morgan fingerprint density at radius 3 is 2.65 bits per heavy atom. The molecule has 1 aromatic carbocycles. The number of pyridine rings is 1. The van der Waals surface area contributed by atoms with Gasteiger partial charge in [-0.25, -0.2) is 0 Å². The lowest BCUT2D eigenvalue weighted by Crippen LogP contribution is -2.23. The van der Waals surface area contributed by atoms with Gasteiger partial charge in [0, 0.05) is 22.9 Å². The quantitative estimate of drug-likeness (QED) is 0.873. The fourth-order valence-electron chi connectivity index (χ4n) is 2.28. The van der Waals surface area contributed by atoms with E-state index in [0.717, 1.165) is 23.2 Å². The lowest BCUT2D eigenvalue weighted by molar-refractivity contribution is 0.405. The summed E-state index contributed by atoms with van der Waals surface area (Å²) in [6.07, 6.45) is 4.54. The van der Waals surface area contributed by atoms with Gasteiger partial charge in [-0.05, 0) is 54.4 Å². The van der Waals surface area contributed by atoms with Gasteiger partial charge in [0.15, 0.2) is 0 Å². The van der Waals surface area contributed by atoms with E-state index in [1.807, 2.05) is 24.5 Å². The lowest BCUT2D eigenvalue weighted by Gasteiger charge is -2.20. The Bertz CT molecular complexity index is 545. The number of rotatable bonds is 6. The fourth-order valence-corrected chi connectivity index (χ4v) is 2.69. The molecule has 3 nitrogen and oxygen atoms in total. The smallest absolute Gasteiger partial charge is 0.122 e. The van der Waals surface area contributed by atoms with E-state index in [4.69, 9.17) is 4.74 Å². The van der Waals surface area contributed by atoms with Crippen LogP contribution in [0.5, 0.6) is 5.75 Å². The molecule has 0 aliphatic carbocycles. The summed E-state index contributed by atoms with van der Waals surface area (Å²) in [5, 5.41) is 3.52. The molecule has 0 aliphatic rings. The van der Waals surface area contributed by atoms with Crippen LogP contribution in [0.2, 0.25) is 0 Å². The topological polar surface area (TPSA) is 34.1 Å². The van der Waals surface area contributed by atoms with Crippen LogP contribution in [0, 0.1) is 0 Å². The van der Waals surface area contributed by atoms with Crippen LogP contribution in [0.4, 0.5) is 0 Å². The summed E-state index contributed by atoms with van der Waals surface area (Å²) in [6.45, 7) is 3.04. The highest BCUT2D eigenvalue weighted by Crippen LogP contribution is 2.27. The van der Waals surface area contributed by atoms with E-state index >= 15 is 0 Å². The molecule has 1 aromatic heterocycles. The summed E-state index contributed by atoms with van der Waals surface area (Å²) >= 11 is 3.52. The molecule has 0 radical (unpaired) electrons. The Labute approximate surface area is 128 Å². The number of halogens is 1. The first-order chi connectivity index (χ1) is 9.74. The van der Waals surface area contributed by atoms with Gasteiger partial charge in [0.1, 0.15) is 5.75 Å². The lowest BCUT2D eigenvalue weighted by atomic mass is 9.99. The molecule has 0 saturated carbocycles. The maximum absolute atomic E-state index is 5.45. The number of hydrogen-bond acceptors (Lipinski definition) is 3. The van der Waals surface area contributed by atoms with Crippen LogP contribution in [-0.2, 0) is 6.42 Å². The van der Waals surface area contributed by atoms with Gasteiger partial charge in [0.2, 0.25) is 0 Å². The van der Waals surface area contributed by atoms with Crippen molar-refractivity contribution >= 4 is 15.9 Å². The van der Waals surface area contributed by atoms with Crippen molar-refractivity contribution in [3.05, 3.63) is 58.3 Å². The molecule has 20 heavy (non-hydrogen) atoms. The molecule has 0 aliphatic heterocycles. The van der Waals surface area contributed by atoms with Crippen LogP contribution in [-0.4, -0.2) is 18.6 Å². The molecule has 1 N–H and O–H groups in total. The number of hydrogen-bond donors (Lipinski definition) is 1. The molecule has 0 fully saturated rings. The Kier molecular flexibility index (Phi) is 5.56. The highest BCUT2D eigenvalue weighted by Gasteiger charge is 2.14. The van der Waals surface area contributed by atoms with Crippen molar-refractivity contribution in [1.82, 2.24) is 10.3 Å². The van der Waals surface area contributed by atoms with E-state index in [0.29, 0.717) is 0 Å². The van der Waals surface area contributed by atoms with Crippen molar-refractivity contribution in [2.45, 2.75) is 19.4 Å². The summed E-state index contributed by atoms with van der Waals surface area (Å²) in [5.74, 6) is 0.921. The summed E-state index contributed by atoms with van der Waals surface area (Å²) < 4.78 is 6.52. The van der Waals surface area contributed by atoms with Gasteiger partial charge in [0.25, 0.3) is 0 Å². The van der Waals surface area contributed by atoms with Gasteiger partial charge < -0.3 is 10.1 Å². The number of ether oxygens (including phenoxy) is 1. The van der Waals surface area contributed by atoms with Crippen molar-refractivity contribution < 1.29 is 4.74 Å². The summed E-state index contributed by atoms with van der Waals surface area (Å²) in [6, 6.07) is 10.5. The largest absolute Gasteiger partial charge is 0.496 e. The van der Waals surface area contributed by atoms with E-state index in [1.165, 1.54) is 11.1 Å². The van der Waals surface area contributed by atoms with Crippen LogP contribution in [0.15, 0.2) is 47.2 Å². The van der Waals surface area contributed by atoms with Crippen molar-refractivity contribution in [1.29, 1.82) is 0 Å². The third kappa shape index (κ3) is 3.81. The van der Waals surface area contributed by atoms with E-state index in [1.54, 1.807) is 7.11 Å². The minimum atomic E-state index is 0.256. The van der Waals surface area contributed by atoms with Gasteiger partial charge >= 0.3 is 0 Å². The molecule has 106 valence electrons. The average molecular weight is 335 g/mol. The second-order valence-corrected chi connectivity index (χ2v) is 5.47. The number of benzene rings is 1. The van der Waals surface area contributed by atoms with Gasteiger partial charge in [-0.3, -0.25) is 4.98 Å². The normalized spacial score (nSPS) is 12.2. The molecule has 1 unspecified atom stereocenters. The molecular formula is C16H19BrN2O. The summed E-state index contributed by atoms with van der Waals surface area (Å²) in [4.78, 5) is 4.08. The van der Waals surface area contributed by atoms with Gasteiger partial charge in [0.05, 0.1) is 7.11 Å². The first kappa shape index (κ1) is 15.0. The SMILES string of the molecule is CCNC(Cc1cc(Br)ccc1OC)c1ccncc1. The average Bonchev–Trinajstić information content (AvgIpc) is 2.48. The molecular weight excluding hydrogens is 316 g/mol. The number of nitrogens with zero attached hydrogens (tertiary/aromatic N) is 1.